The smallest absolute Gasteiger partial charge is 0.0563 e. The Morgan fingerprint density at radius 2 is 1.76 bits per heavy atom. The van der Waals surface area contributed by atoms with E-state index in [0.717, 1.165) is 5.56 Å². The molecule has 17 heavy (non-hydrogen) atoms. The monoisotopic (exact) mass is 261 g/mol. The van der Waals surface area contributed by atoms with Crippen molar-refractivity contribution in [3.8, 4) is 11.8 Å². The molecule has 0 aliphatic heterocycles. The van der Waals surface area contributed by atoms with Gasteiger partial charge in [-0.15, -0.1) is 0 Å². The van der Waals surface area contributed by atoms with E-state index >= 15 is 0 Å². The molecule has 2 N–H and O–H groups in total. The molecule has 3 heteroatoms. The van der Waals surface area contributed by atoms with Crippen LogP contribution < -0.4 is 5.73 Å². The van der Waals surface area contributed by atoms with Crippen LogP contribution in [0.3, 0.4) is 0 Å². The molecule has 84 valence electrons. The molecule has 0 aromatic heterocycles. The number of anilines is 1. The molecule has 0 spiro atoms. The summed E-state index contributed by atoms with van der Waals surface area (Å²) < 4.78 is 0. The van der Waals surface area contributed by atoms with E-state index in [4.69, 9.17) is 28.9 Å². The van der Waals surface area contributed by atoms with Crippen LogP contribution >= 0.6 is 23.2 Å². The fourth-order valence-electron chi connectivity index (χ4n) is 1.35. The highest BCUT2D eigenvalue weighted by Crippen LogP contribution is 2.19. The van der Waals surface area contributed by atoms with Crippen LogP contribution in [0.25, 0.3) is 0 Å². The van der Waals surface area contributed by atoms with Crippen molar-refractivity contribution in [1.29, 1.82) is 0 Å². The molecule has 0 heterocycles. The van der Waals surface area contributed by atoms with E-state index in [1.54, 1.807) is 18.2 Å². The Balaban J connectivity index is 2.36. The maximum Gasteiger partial charge on any atom is 0.0563 e. The Labute approximate surface area is 110 Å². The molecule has 0 amide bonds. The Hall–Kier alpha value is -1.62. The van der Waals surface area contributed by atoms with Crippen molar-refractivity contribution < 1.29 is 0 Å². The molecule has 2 aromatic carbocycles. The minimum Gasteiger partial charge on any atom is -0.399 e. The first-order valence-corrected chi connectivity index (χ1v) is 5.73. The van der Waals surface area contributed by atoms with Gasteiger partial charge >= 0.3 is 0 Å². The quantitative estimate of drug-likeness (QED) is 0.564. The highest BCUT2D eigenvalue weighted by atomic mass is 35.5. The van der Waals surface area contributed by atoms with Gasteiger partial charge in [0.25, 0.3) is 0 Å². The van der Waals surface area contributed by atoms with Crippen LogP contribution in [-0.4, -0.2) is 0 Å². The normalized spacial score (nSPS) is 9.53. The van der Waals surface area contributed by atoms with E-state index < -0.39 is 0 Å². The predicted octanol–water partition coefficient (Wildman–Crippen LogP) is 3.98. The molecule has 1 nitrogen and oxygen atoms in total. The summed E-state index contributed by atoms with van der Waals surface area (Å²) >= 11 is 11.9. The summed E-state index contributed by atoms with van der Waals surface area (Å²) in [5, 5.41) is 1.21. The van der Waals surface area contributed by atoms with Crippen LogP contribution in [-0.2, 0) is 0 Å². The molecule has 0 unspecified atom stereocenters. The molecule has 0 radical (unpaired) electrons. The van der Waals surface area contributed by atoms with Crippen molar-refractivity contribution in [3.63, 3.8) is 0 Å². The first-order chi connectivity index (χ1) is 8.15. The van der Waals surface area contributed by atoms with Gasteiger partial charge in [-0.25, -0.2) is 0 Å². The van der Waals surface area contributed by atoms with E-state index in [2.05, 4.69) is 11.8 Å². The summed E-state index contributed by atoms with van der Waals surface area (Å²) in [6.07, 6.45) is 0. The van der Waals surface area contributed by atoms with Gasteiger partial charge in [-0.1, -0.05) is 41.1 Å². The lowest BCUT2D eigenvalue weighted by atomic mass is 10.1. The number of hydrogen-bond acceptors (Lipinski definition) is 1. The first kappa shape index (κ1) is 11.9. The number of halogens is 2. The van der Waals surface area contributed by atoms with Crippen molar-refractivity contribution in [2.75, 3.05) is 5.73 Å². The molecular weight excluding hydrogens is 253 g/mol. The van der Waals surface area contributed by atoms with Crippen LogP contribution in [0, 0.1) is 11.8 Å². The molecule has 0 aliphatic rings. The molecular formula is C14H9Cl2N. The van der Waals surface area contributed by atoms with E-state index in [1.807, 2.05) is 24.3 Å². The molecule has 0 saturated heterocycles. The van der Waals surface area contributed by atoms with Crippen LogP contribution in [0.1, 0.15) is 11.1 Å². The molecule has 0 atom stereocenters. The zero-order chi connectivity index (χ0) is 12.3. The van der Waals surface area contributed by atoms with Crippen LogP contribution in [0.15, 0.2) is 42.5 Å². The summed E-state index contributed by atoms with van der Waals surface area (Å²) in [5.74, 6) is 5.97. The van der Waals surface area contributed by atoms with Gasteiger partial charge in [-0.05, 0) is 36.4 Å². The molecule has 0 saturated carbocycles. The average Bonchev–Trinajstić information content (AvgIpc) is 2.30. The number of rotatable bonds is 0. The molecule has 2 rings (SSSR count). The van der Waals surface area contributed by atoms with E-state index in [9.17, 15) is 0 Å². The van der Waals surface area contributed by atoms with Gasteiger partial charge in [0.2, 0.25) is 0 Å². The Morgan fingerprint density at radius 3 is 2.53 bits per heavy atom. The van der Waals surface area contributed by atoms with Gasteiger partial charge in [0.05, 0.1) is 5.02 Å². The van der Waals surface area contributed by atoms with Crippen molar-refractivity contribution in [1.82, 2.24) is 0 Å². The Morgan fingerprint density at radius 1 is 0.941 bits per heavy atom. The summed E-state index contributed by atoms with van der Waals surface area (Å²) in [6.45, 7) is 0. The maximum atomic E-state index is 6.01. The second-order valence-corrected chi connectivity index (χ2v) is 4.34. The molecule has 2 aromatic rings. The maximum absolute atomic E-state index is 6.01. The Bertz CT molecular complexity index is 609. The van der Waals surface area contributed by atoms with E-state index in [-0.39, 0.29) is 0 Å². The molecule has 0 fully saturated rings. The standard InChI is InChI=1S/C14H9Cl2N/c15-12-6-7-14(16)11(9-12)5-4-10-2-1-3-13(17)8-10/h1-3,6-9H,17H2. The number of nitrogens with two attached hydrogens (primary N) is 1. The van der Waals surface area contributed by atoms with Crippen molar-refractivity contribution >= 4 is 28.9 Å². The van der Waals surface area contributed by atoms with Crippen molar-refractivity contribution in [3.05, 3.63) is 63.6 Å². The largest absolute Gasteiger partial charge is 0.399 e. The van der Waals surface area contributed by atoms with Gasteiger partial charge < -0.3 is 5.73 Å². The van der Waals surface area contributed by atoms with Gasteiger partial charge in [-0.3, -0.25) is 0 Å². The van der Waals surface area contributed by atoms with E-state index in [1.165, 1.54) is 0 Å². The summed E-state index contributed by atoms with van der Waals surface area (Å²) in [4.78, 5) is 0. The Kier molecular flexibility index (Phi) is 3.58. The van der Waals surface area contributed by atoms with Gasteiger partial charge in [0, 0.05) is 21.8 Å². The topological polar surface area (TPSA) is 26.0 Å². The first-order valence-electron chi connectivity index (χ1n) is 4.98. The van der Waals surface area contributed by atoms with Crippen LogP contribution in [0.5, 0.6) is 0 Å². The van der Waals surface area contributed by atoms with Crippen molar-refractivity contribution in [2.45, 2.75) is 0 Å². The third-order valence-corrected chi connectivity index (χ3v) is 2.72. The van der Waals surface area contributed by atoms with Gasteiger partial charge in [0.1, 0.15) is 0 Å². The van der Waals surface area contributed by atoms with Gasteiger partial charge in [-0.2, -0.15) is 0 Å². The number of nitrogen functional groups attached to an aromatic ring is 1. The summed E-state index contributed by atoms with van der Waals surface area (Å²) in [7, 11) is 0. The minimum absolute atomic E-state index is 0.589. The highest BCUT2D eigenvalue weighted by Gasteiger charge is 1.97. The predicted molar refractivity (Wildman–Crippen MR) is 73.3 cm³/mol. The average molecular weight is 262 g/mol. The number of benzene rings is 2. The number of hydrogen-bond donors (Lipinski definition) is 1. The second-order valence-electron chi connectivity index (χ2n) is 3.50. The lowest BCUT2D eigenvalue weighted by Gasteiger charge is -1.96. The highest BCUT2D eigenvalue weighted by molar-refractivity contribution is 6.33. The summed E-state index contributed by atoms with van der Waals surface area (Å²) in [6, 6.07) is 12.6. The van der Waals surface area contributed by atoms with Crippen LogP contribution in [0.4, 0.5) is 5.69 Å². The molecule has 0 aliphatic carbocycles. The molecule has 0 bridgehead atoms. The fourth-order valence-corrected chi connectivity index (χ4v) is 1.69. The van der Waals surface area contributed by atoms with Crippen molar-refractivity contribution in [2.24, 2.45) is 0 Å². The second kappa shape index (κ2) is 5.14. The third kappa shape index (κ3) is 3.17. The lowest BCUT2D eigenvalue weighted by molar-refractivity contribution is 1.61. The SMILES string of the molecule is Nc1cccc(C#Cc2cc(Cl)ccc2Cl)c1. The summed E-state index contributed by atoms with van der Waals surface area (Å²) in [5.41, 5.74) is 7.91. The minimum atomic E-state index is 0.589. The van der Waals surface area contributed by atoms with Gasteiger partial charge in [0.15, 0.2) is 0 Å². The zero-order valence-electron chi connectivity index (χ0n) is 8.87. The fraction of sp³-hybridized carbons (Fsp3) is 0. The third-order valence-electron chi connectivity index (χ3n) is 2.16. The lowest BCUT2D eigenvalue weighted by Crippen LogP contribution is -1.84. The van der Waals surface area contributed by atoms with Crippen LogP contribution in [0.2, 0.25) is 10.0 Å². The van der Waals surface area contributed by atoms with E-state index in [0.29, 0.717) is 21.3 Å². The zero-order valence-corrected chi connectivity index (χ0v) is 10.4.